The van der Waals surface area contributed by atoms with E-state index in [0.717, 1.165) is 48.1 Å². The van der Waals surface area contributed by atoms with E-state index in [4.69, 9.17) is 4.74 Å². The molecule has 1 aliphatic heterocycles. The Balaban J connectivity index is 1.20. The number of amides is 1. The van der Waals surface area contributed by atoms with E-state index >= 15 is 0 Å². The number of benzene rings is 1. The maximum absolute atomic E-state index is 13.5. The van der Waals surface area contributed by atoms with Gasteiger partial charge in [-0.25, -0.2) is 0 Å². The number of carbonyl (C=O) groups is 1. The Bertz CT molecular complexity index is 1020. The summed E-state index contributed by atoms with van der Waals surface area (Å²) >= 11 is 0. The first kappa shape index (κ1) is 24.7. The van der Waals surface area contributed by atoms with Crippen LogP contribution in [0.25, 0.3) is 0 Å². The zero-order valence-electron chi connectivity index (χ0n) is 23.1. The van der Waals surface area contributed by atoms with Gasteiger partial charge in [0.1, 0.15) is 0 Å². The Morgan fingerprint density at radius 1 is 1.08 bits per heavy atom. The molecule has 4 heteroatoms. The van der Waals surface area contributed by atoms with Gasteiger partial charge in [0, 0.05) is 32.8 Å². The van der Waals surface area contributed by atoms with Crippen molar-refractivity contribution in [3.8, 4) is 0 Å². The minimum atomic E-state index is -0.522. The van der Waals surface area contributed by atoms with Crippen molar-refractivity contribution in [2.75, 3.05) is 27.7 Å². The van der Waals surface area contributed by atoms with Gasteiger partial charge in [-0.1, -0.05) is 48.9 Å². The zero-order chi connectivity index (χ0) is 25.2. The number of likely N-dealkylation sites (N-methyl/N-ethyl adjacent to an activating group) is 1. The molecule has 0 bridgehead atoms. The van der Waals surface area contributed by atoms with Crippen molar-refractivity contribution in [2.45, 2.75) is 83.4 Å². The number of allylic oxidation sites excluding steroid dienone is 1. The summed E-state index contributed by atoms with van der Waals surface area (Å²) in [6, 6.07) is 11.0. The van der Waals surface area contributed by atoms with Gasteiger partial charge in [0.05, 0.1) is 0 Å². The van der Waals surface area contributed by atoms with Crippen molar-refractivity contribution in [3.05, 3.63) is 47.5 Å². The molecule has 0 unspecified atom stereocenters. The van der Waals surface area contributed by atoms with Crippen LogP contribution in [0.2, 0.25) is 0 Å². The monoisotopic (exact) mass is 490 g/mol. The van der Waals surface area contributed by atoms with Crippen LogP contribution >= 0.6 is 0 Å². The van der Waals surface area contributed by atoms with Crippen molar-refractivity contribution < 1.29 is 9.53 Å². The van der Waals surface area contributed by atoms with Gasteiger partial charge in [0.2, 0.25) is 0 Å². The van der Waals surface area contributed by atoms with Crippen molar-refractivity contribution >= 4 is 5.91 Å². The summed E-state index contributed by atoms with van der Waals surface area (Å²) in [6.07, 6.45) is 12.5. The molecular weight excluding hydrogens is 444 g/mol. The second-order valence-electron chi connectivity index (χ2n) is 13.2. The van der Waals surface area contributed by atoms with Gasteiger partial charge in [-0.15, -0.1) is 0 Å². The molecule has 9 atom stereocenters. The lowest BCUT2D eigenvalue weighted by atomic mass is 9.47. The number of ether oxygens (including phenoxy) is 1. The molecular formula is C32H46N2O2. The molecule has 1 amide bonds. The Labute approximate surface area is 218 Å². The Morgan fingerprint density at radius 3 is 2.58 bits per heavy atom. The average Bonchev–Trinajstić information content (AvgIpc) is 3.37. The quantitative estimate of drug-likeness (QED) is 0.479. The molecule has 4 fully saturated rings. The van der Waals surface area contributed by atoms with Gasteiger partial charge in [0.25, 0.3) is 5.91 Å². The highest BCUT2D eigenvalue weighted by Crippen LogP contribution is 2.68. The predicted octanol–water partition coefficient (Wildman–Crippen LogP) is 6.09. The zero-order valence-corrected chi connectivity index (χ0v) is 23.1. The lowest BCUT2D eigenvalue weighted by Crippen LogP contribution is -2.53. The number of likely N-dealkylation sites (tertiary alicyclic amines) is 1. The summed E-state index contributed by atoms with van der Waals surface area (Å²) in [7, 11) is 6.01. The van der Waals surface area contributed by atoms with Gasteiger partial charge in [-0.3, -0.25) is 4.79 Å². The van der Waals surface area contributed by atoms with Crippen LogP contribution in [0.5, 0.6) is 0 Å². The van der Waals surface area contributed by atoms with E-state index in [1.807, 2.05) is 42.3 Å². The molecule has 4 nitrogen and oxygen atoms in total. The van der Waals surface area contributed by atoms with Crippen LogP contribution in [-0.2, 0) is 9.53 Å². The summed E-state index contributed by atoms with van der Waals surface area (Å²) < 4.78 is 5.69. The van der Waals surface area contributed by atoms with Crippen molar-refractivity contribution in [2.24, 2.45) is 34.5 Å². The second-order valence-corrected chi connectivity index (χ2v) is 13.2. The number of methoxy groups -OCH3 is 1. The van der Waals surface area contributed by atoms with Crippen molar-refractivity contribution in [3.63, 3.8) is 0 Å². The van der Waals surface area contributed by atoms with Gasteiger partial charge in [0.15, 0.2) is 6.10 Å². The third-order valence-electron chi connectivity index (χ3n) is 12.1. The van der Waals surface area contributed by atoms with Gasteiger partial charge in [-0.05, 0) is 105 Å². The normalized spacial score (nSPS) is 42.5. The molecule has 4 aliphatic carbocycles. The van der Waals surface area contributed by atoms with Crippen LogP contribution in [0.4, 0.5) is 0 Å². The summed E-state index contributed by atoms with van der Waals surface area (Å²) in [6.45, 7) is 6.40. The first-order chi connectivity index (χ1) is 17.3. The fourth-order valence-electron chi connectivity index (χ4n) is 10.1. The molecule has 196 valence electrons. The molecule has 5 aliphatic rings. The molecule has 0 aromatic heterocycles. The summed E-state index contributed by atoms with van der Waals surface area (Å²) in [5, 5.41) is 0. The SMILES string of the molecule is CO[C@@H](C(=O)N(C)[C@H]1CC[C@@]2(C)C(=CC[C@H]3[C@@H]4CC[C@@H]5[C@H](C)N(C)C[C@@]54CC[C@@H]32)C1)c1ccccc1. The van der Waals surface area contributed by atoms with E-state index in [1.165, 1.54) is 45.1 Å². The number of nitrogens with zero attached hydrogens (tertiary/aromatic N) is 2. The molecule has 1 heterocycles. The number of fused-ring (bicyclic) bond motifs is 4. The van der Waals surface area contributed by atoms with Crippen LogP contribution in [0.15, 0.2) is 42.0 Å². The molecule has 0 radical (unpaired) electrons. The number of hydrogen-bond donors (Lipinski definition) is 0. The summed E-state index contributed by atoms with van der Waals surface area (Å²) in [5.74, 6) is 3.61. The highest BCUT2D eigenvalue weighted by atomic mass is 16.5. The van der Waals surface area contributed by atoms with E-state index in [2.05, 4.69) is 31.9 Å². The molecule has 1 aromatic rings. The standard InChI is InChI=1S/C32H46N2O2/c1-21-26-13-14-28-25-12-11-23-19-24(34(4)30(35)29(36-5)22-9-7-6-8-10-22)15-17-31(23,2)27(25)16-18-32(26,28)20-33(21)3/h6-11,21,24-29H,12-20H2,1-5H3/t21-,24-,25+,26+,27-,28-,29+,31-,32-/m0/s1. The minimum Gasteiger partial charge on any atom is -0.367 e. The lowest BCUT2D eigenvalue weighted by Gasteiger charge is -2.58. The third kappa shape index (κ3) is 3.50. The largest absolute Gasteiger partial charge is 0.367 e. The first-order valence-corrected chi connectivity index (χ1v) is 14.5. The van der Waals surface area contributed by atoms with Crippen LogP contribution < -0.4 is 0 Å². The molecule has 1 aromatic carbocycles. The van der Waals surface area contributed by atoms with Gasteiger partial charge in [-0.2, -0.15) is 0 Å². The Morgan fingerprint density at radius 2 is 1.83 bits per heavy atom. The Hall–Kier alpha value is -1.65. The van der Waals surface area contributed by atoms with Crippen molar-refractivity contribution in [1.29, 1.82) is 0 Å². The Kier molecular flexibility index (Phi) is 6.15. The highest BCUT2D eigenvalue weighted by Gasteiger charge is 2.64. The van der Waals surface area contributed by atoms with E-state index in [9.17, 15) is 4.79 Å². The highest BCUT2D eigenvalue weighted by molar-refractivity contribution is 5.82. The minimum absolute atomic E-state index is 0.0858. The van der Waals surface area contributed by atoms with Crippen molar-refractivity contribution in [1.82, 2.24) is 9.80 Å². The van der Waals surface area contributed by atoms with Gasteiger partial charge >= 0.3 is 0 Å². The predicted molar refractivity (Wildman–Crippen MR) is 144 cm³/mol. The van der Waals surface area contributed by atoms with Crippen LogP contribution in [-0.4, -0.2) is 55.5 Å². The fraction of sp³-hybridized carbons (Fsp3) is 0.719. The second kappa shape index (κ2) is 8.98. The summed E-state index contributed by atoms with van der Waals surface area (Å²) in [5.41, 5.74) is 3.50. The summed E-state index contributed by atoms with van der Waals surface area (Å²) in [4.78, 5) is 18.2. The van der Waals surface area contributed by atoms with E-state index < -0.39 is 6.10 Å². The molecule has 6 rings (SSSR count). The number of hydrogen-bond acceptors (Lipinski definition) is 3. The van der Waals surface area contributed by atoms with Crippen LogP contribution in [0, 0.1) is 34.5 Å². The smallest absolute Gasteiger partial charge is 0.256 e. The topological polar surface area (TPSA) is 32.8 Å². The van der Waals surface area contributed by atoms with Gasteiger partial charge < -0.3 is 14.5 Å². The average molecular weight is 491 g/mol. The van der Waals surface area contributed by atoms with E-state index in [1.54, 1.807) is 12.7 Å². The maximum atomic E-state index is 13.5. The lowest BCUT2D eigenvalue weighted by molar-refractivity contribution is -0.144. The molecule has 1 spiro atoms. The molecule has 1 saturated heterocycles. The van der Waals surface area contributed by atoms with Crippen LogP contribution in [0.1, 0.15) is 76.9 Å². The number of carbonyl (C=O) groups excluding carboxylic acids is 1. The maximum Gasteiger partial charge on any atom is 0.256 e. The number of rotatable bonds is 4. The molecule has 0 N–H and O–H groups in total. The third-order valence-corrected chi connectivity index (χ3v) is 12.1. The van der Waals surface area contributed by atoms with E-state index in [-0.39, 0.29) is 11.9 Å². The van der Waals surface area contributed by atoms with Crippen LogP contribution in [0.3, 0.4) is 0 Å². The fourth-order valence-corrected chi connectivity index (χ4v) is 10.1. The van der Waals surface area contributed by atoms with E-state index in [0.29, 0.717) is 10.8 Å². The molecule has 3 saturated carbocycles. The first-order valence-electron chi connectivity index (χ1n) is 14.5. The molecule has 36 heavy (non-hydrogen) atoms.